The molecule has 0 aromatic heterocycles. The fourth-order valence-corrected chi connectivity index (χ4v) is 2.11. The molecular formula is C17H16F3NO3. The maximum absolute atomic E-state index is 13.1. The number of ether oxygens (including phenoxy) is 1. The van der Waals surface area contributed by atoms with Crippen LogP contribution in [0.15, 0.2) is 48.5 Å². The van der Waals surface area contributed by atoms with E-state index >= 15 is 0 Å². The number of rotatable bonds is 7. The Hall–Kier alpha value is -2.54. The van der Waals surface area contributed by atoms with Gasteiger partial charge in [-0.1, -0.05) is 24.3 Å². The van der Waals surface area contributed by atoms with Gasteiger partial charge in [0.05, 0.1) is 12.5 Å². The predicted octanol–water partition coefficient (Wildman–Crippen LogP) is 3.17. The van der Waals surface area contributed by atoms with E-state index in [1.54, 1.807) is 6.07 Å². The Bertz CT molecular complexity index is 694. The topological polar surface area (TPSA) is 58.6 Å². The monoisotopic (exact) mass is 339 g/mol. The predicted molar refractivity (Wildman–Crippen MR) is 80.9 cm³/mol. The van der Waals surface area contributed by atoms with Crippen molar-refractivity contribution >= 4 is 5.91 Å². The first kappa shape index (κ1) is 17.8. The van der Waals surface area contributed by atoms with E-state index in [4.69, 9.17) is 0 Å². The summed E-state index contributed by atoms with van der Waals surface area (Å²) in [7, 11) is 0. The third kappa shape index (κ3) is 5.58. The normalized spacial score (nSPS) is 12.0. The molecule has 0 heterocycles. The van der Waals surface area contributed by atoms with Gasteiger partial charge in [0.2, 0.25) is 5.91 Å². The van der Waals surface area contributed by atoms with Gasteiger partial charge in [-0.05, 0) is 35.4 Å². The number of hydrogen-bond donors (Lipinski definition) is 2. The first-order chi connectivity index (χ1) is 11.4. The molecule has 0 fully saturated rings. The number of aliphatic hydroxyl groups is 1. The van der Waals surface area contributed by atoms with Gasteiger partial charge in [0, 0.05) is 6.54 Å². The number of benzene rings is 2. The maximum atomic E-state index is 13.1. The van der Waals surface area contributed by atoms with Crippen molar-refractivity contribution in [3.8, 4) is 5.75 Å². The minimum absolute atomic E-state index is 0.00320. The summed E-state index contributed by atoms with van der Waals surface area (Å²) >= 11 is 0. The van der Waals surface area contributed by atoms with Crippen molar-refractivity contribution in [2.45, 2.75) is 25.7 Å². The lowest BCUT2D eigenvalue weighted by Crippen LogP contribution is -2.24. The van der Waals surface area contributed by atoms with Gasteiger partial charge < -0.3 is 15.2 Å². The van der Waals surface area contributed by atoms with Gasteiger partial charge in [0.25, 0.3) is 0 Å². The summed E-state index contributed by atoms with van der Waals surface area (Å²) in [5.74, 6) is -0.953. The fourth-order valence-electron chi connectivity index (χ4n) is 2.11. The van der Waals surface area contributed by atoms with Crippen molar-refractivity contribution in [3.63, 3.8) is 0 Å². The molecule has 0 aliphatic rings. The second-order valence-corrected chi connectivity index (χ2v) is 5.08. The molecule has 1 atom stereocenters. The zero-order valence-corrected chi connectivity index (χ0v) is 12.6. The van der Waals surface area contributed by atoms with Crippen molar-refractivity contribution in [2.75, 3.05) is 0 Å². The number of hydrogen-bond acceptors (Lipinski definition) is 3. The van der Waals surface area contributed by atoms with E-state index < -0.39 is 24.4 Å². The Morgan fingerprint density at radius 1 is 1.17 bits per heavy atom. The highest BCUT2D eigenvalue weighted by Crippen LogP contribution is 2.18. The van der Waals surface area contributed by atoms with Gasteiger partial charge in [-0.15, -0.1) is 0 Å². The van der Waals surface area contributed by atoms with Crippen LogP contribution in [0.1, 0.15) is 23.7 Å². The molecule has 24 heavy (non-hydrogen) atoms. The first-order valence-electron chi connectivity index (χ1n) is 7.18. The van der Waals surface area contributed by atoms with E-state index in [1.165, 1.54) is 36.4 Å². The number of alkyl halides is 2. The number of carbonyl (C=O) groups excluding carboxylic acids is 1. The van der Waals surface area contributed by atoms with E-state index in [9.17, 15) is 23.1 Å². The Balaban J connectivity index is 1.87. The molecule has 0 bridgehead atoms. The van der Waals surface area contributed by atoms with E-state index in [0.29, 0.717) is 11.1 Å². The van der Waals surface area contributed by atoms with Crippen LogP contribution in [0.2, 0.25) is 0 Å². The highest BCUT2D eigenvalue weighted by molar-refractivity contribution is 5.76. The molecule has 7 heteroatoms. The van der Waals surface area contributed by atoms with Gasteiger partial charge in [-0.3, -0.25) is 4.79 Å². The summed E-state index contributed by atoms with van der Waals surface area (Å²) in [4.78, 5) is 11.8. The van der Waals surface area contributed by atoms with E-state index in [0.717, 1.165) is 6.07 Å². The van der Waals surface area contributed by atoms with Crippen molar-refractivity contribution in [2.24, 2.45) is 0 Å². The molecule has 0 aliphatic heterocycles. The molecule has 0 spiro atoms. The van der Waals surface area contributed by atoms with Crippen LogP contribution in [0.5, 0.6) is 5.75 Å². The first-order valence-corrected chi connectivity index (χ1v) is 7.18. The minimum Gasteiger partial charge on any atom is -0.435 e. The third-order valence-electron chi connectivity index (χ3n) is 3.23. The van der Waals surface area contributed by atoms with Crippen LogP contribution in [-0.4, -0.2) is 17.6 Å². The summed E-state index contributed by atoms with van der Waals surface area (Å²) in [6.07, 6.45) is -1.37. The molecule has 2 aromatic carbocycles. The van der Waals surface area contributed by atoms with Gasteiger partial charge in [-0.2, -0.15) is 8.78 Å². The molecule has 128 valence electrons. The van der Waals surface area contributed by atoms with Crippen LogP contribution < -0.4 is 10.1 Å². The largest absolute Gasteiger partial charge is 0.435 e. The number of nitrogens with one attached hydrogen (secondary N) is 1. The second-order valence-electron chi connectivity index (χ2n) is 5.08. The quantitative estimate of drug-likeness (QED) is 0.815. The molecular weight excluding hydrogens is 323 g/mol. The summed E-state index contributed by atoms with van der Waals surface area (Å²) in [6, 6.07) is 11.3. The summed E-state index contributed by atoms with van der Waals surface area (Å²) in [5.41, 5.74) is 0.874. The molecule has 0 saturated heterocycles. The zero-order chi connectivity index (χ0) is 17.5. The standard InChI is InChI=1S/C17H16F3NO3/c18-13-5-2-4-12(8-13)15(22)9-16(23)21-10-11-3-1-6-14(7-11)24-17(19)20/h1-8,15,17,22H,9-10H2,(H,21,23). The maximum Gasteiger partial charge on any atom is 0.387 e. The molecule has 4 nitrogen and oxygen atoms in total. The lowest BCUT2D eigenvalue weighted by atomic mass is 10.1. The zero-order valence-electron chi connectivity index (χ0n) is 12.6. The highest BCUT2D eigenvalue weighted by Gasteiger charge is 2.13. The van der Waals surface area contributed by atoms with Crippen LogP contribution >= 0.6 is 0 Å². The number of carbonyl (C=O) groups is 1. The molecule has 2 N–H and O–H groups in total. The Labute approximate surface area is 136 Å². The molecule has 0 saturated carbocycles. The van der Waals surface area contributed by atoms with Crippen molar-refractivity contribution in [3.05, 3.63) is 65.5 Å². The van der Waals surface area contributed by atoms with Gasteiger partial charge in [0.1, 0.15) is 11.6 Å². The number of halogens is 3. The smallest absolute Gasteiger partial charge is 0.387 e. The Kier molecular flexibility index (Phi) is 6.20. The second kappa shape index (κ2) is 8.35. The Morgan fingerprint density at radius 3 is 2.62 bits per heavy atom. The summed E-state index contributed by atoms with van der Waals surface area (Å²) in [5, 5.41) is 12.5. The SMILES string of the molecule is O=C(CC(O)c1cccc(F)c1)NCc1cccc(OC(F)F)c1. The molecule has 0 aliphatic carbocycles. The summed E-state index contributed by atoms with van der Waals surface area (Å²) in [6.45, 7) is -2.83. The van der Waals surface area contributed by atoms with E-state index in [2.05, 4.69) is 10.1 Å². The van der Waals surface area contributed by atoms with Gasteiger partial charge >= 0.3 is 6.61 Å². The Morgan fingerprint density at radius 2 is 1.92 bits per heavy atom. The average Bonchev–Trinajstić information content (AvgIpc) is 2.52. The van der Waals surface area contributed by atoms with Gasteiger partial charge in [-0.25, -0.2) is 4.39 Å². The summed E-state index contributed by atoms with van der Waals surface area (Å²) < 4.78 is 41.7. The van der Waals surface area contributed by atoms with Crippen LogP contribution in [0, 0.1) is 5.82 Å². The fraction of sp³-hybridized carbons (Fsp3) is 0.235. The lowest BCUT2D eigenvalue weighted by molar-refractivity contribution is -0.123. The third-order valence-corrected chi connectivity index (χ3v) is 3.23. The number of amides is 1. The van der Waals surface area contributed by atoms with Crippen LogP contribution in [0.4, 0.5) is 13.2 Å². The van der Waals surface area contributed by atoms with E-state index in [1.807, 2.05) is 0 Å². The average molecular weight is 339 g/mol. The molecule has 2 aromatic rings. The van der Waals surface area contributed by atoms with Crippen LogP contribution in [0.25, 0.3) is 0 Å². The van der Waals surface area contributed by atoms with Crippen molar-refractivity contribution in [1.82, 2.24) is 5.32 Å². The van der Waals surface area contributed by atoms with Crippen molar-refractivity contribution < 1.29 is 27.8 Å². The van der Waals surface area contributed by atoms with E-state index in [-0.39, 0.29) is 18.7 Å². The van der Waals surface area contributed by atoms with Crippen LogP contribution in [-0.2, 0) is 11.3 Å². The molecule has 0 radical (unpaired) electrons. The van der Waals surface area contributed by atoms with Gasteiger partial charge in [0.15, 0.2) is 0 Å². The molecule has 1 amide bonds. The molecule has 2 rings (SSSR count). The van der Waals surface area contributed by atoms with Crippen molar-refractivity contribution in [1.29, 1.82) is 0 Å². The number of aliphatic hydroxyl groups excluding tert-OH is 1. The minimum atomic E-state index is -2.92. The lowest BCUT2D eigenvalue weighted by Gasteiger charge is -2.12. The molecule has 1 unspecified atom stereocenters. The highest BCUT2D eigenvalue weighted by atomic mass is 19.3. The van der Waals surface area contributed by atoms with Crippen LogP contribution in [0.3, 0.4) is 0 Å².